The average molecular weight is 244 g/mol. The second-order valence-electron chi connectivity index (χ2n) is 3.04. The maximum absolute atomic E-state index is 11.5. The first kappa shape index (κ1) is 10.3. The molecular formula is C9H7Cl2N3O. The highest BCUT2D eigenvalue weighted by atomic mass is 35.5. The average Bonchev–Trinajstić information content (AvgIpc) is 2.45. The molecule has 78 valence electrons. The van der Waals surface area contributed by atoms with E-state index in [1.165, 1.54) is 0 Å². The van der Waals surface area contributed by atoms with Crippen LogP contribution in [0.25, 0.3) is 0 Å². The second-order valence-corrected chi connectivity index (χ2v) is 3.86. The van der Waals surface area contributed by atoms with Gasteiger partial charge in [0.1, 0.15) is 0 Å². The van der Waals surface area contributed by atoms with Crippen LogP contribution in [-0.2, 0) is 4.79 Å². The Hall–Kier alpha value is -1.26. The first-order chi connectivity index (χ1) is 7.09. The summed E-state index contributed by atoms with van der Waals surface area (Å²) >= 11 is 11.9. The quantitative estimate of drug-likeness (QED) is 0.785. The van der Waals surface area contributed by atoms with Crippen molar-refractivity contribution in [1.82, 2.24) is 5.32 Å². The van der Waals surface area contributed by atoms with Crippen molar-refractivity contribution in [3.8, 4) is 0 Å². The number of aliphatic imine (C=N–C) groups is 1. The Morgan fingerprint density at radius 3 is 2.40 bits per heavy atom. The lowest BCUT2D eigenvalue weighted by Gasteiger charge is -2.09. The van der Waals surface area contributed by atoms with Crippen LogP contribution in [0.1, 0.15) is 11.6 Å². The number of carbonyl (C=O) groups excluding carboxylic acids is 1. The van der Waals surface area contributed by atoms with Crippen molar-refractivity contribution >= 4 is 35.1 Å². The van der Waals surface area contributed by atoms with Crippen LogP contribution >= 0.6 is 23.2 Å². The zero-order chi connectivity index (χ0) is 11.0. The summed E-state index contributed by atoms with van der Waals surface area (Å²) in [4.78, 5) is 15.4. The second kappa shape index (κ2) is 3.72. The summed E-state index contributed by atoms with van der Waals surface area (Å²) in [5.41, 5.74) is 5.87. The standard InChI is InChI=1S/C9H7Cl2N3O/c10-4-2-1-3-5(11)6(4)7-8(15)14-9(12)13-7/h1-3,7H,(H3,12,13,14,15). The monoisotopic (exact) mass is 243 g/mol. The molecule has 0 bridgehead atoms. The van der Waals surface area contributed by atoms with Crippen LogP contribution in [0.3, 0.4) is 0 Å². The molecule has 15 heavy (non-hydrogen) atoms. The van der Waals surface area contributed by atoms with Crippen LogP contribution < -0.4 is 11.1 Å². The van der Waals surface area contributed by atoms with Crippen molar-refractivity contribution in [2.24, 2.45) is 10.7 Å². The number of hydrogen-bond acceptors (Lipinski definition) is 3. The molecule has 1 aromatic carbocycles. The lowest BCUT2D eigenvalue weighted by molar-refractivity contribution is -0.120. The predicted octanol–water partition coefficient (Wildman–Crippen LogP) is 1.48. The molecule has 0 fully saturated rings. The van der Waals surface area contributed by atoms with E-state index in [4.69, 9.17) is 28.9 Å². The molecule has 1 atom stereocenters. The van der Waals surface area contributed by atoms with Gasteiger partial charge < -0.3 is 5.73 Å². The summed E-state index contributed by atoms with van der Waals surface area (Å²) in [6.07, 6.45) is 0. The fraction of sp³-hybridized carbons (Fsp3) is 0.111. The molecule has 0 aromatic heterocycles. The summed E-state index contributed by atoms with van der Waals surface area (Å²) in [7, 11) is 0. The zero-order valence-electron chi connectivity index (χ0n) is 7.50. The van der Waals surface area contributed by atoms with Gasteiger partial charge in [-0.1, -0.05) is 29.3 Å². The van der Waals surface area contributed by atoms with E-state index in [-0.39, 0.29) is 11.9 Å². The van der Waals surface area contributed by atoms with E-state index in [1.54, 1.807) is 18.2 Å². The topological polar surface area (TPSA) is 67.5 Å². The molecule has 4 nitrogen and oxygen atoms in total. The third-order valence-corrected chi connectivity index (χ3v) is 2.70. The minimum atomic E-state index is -0.744. The molecular weight excluding hydrogens is 237 g/mol. The molecule has 1 heterocycles. The molecule has 0 saturated heterocycles. The van der Waals surface area contributed by atoms with Gasteiger partial charge in [0.2, 0.25) is 0 Å². The maximum atomic E-state index is 11.5. The first-order valence-corrected chi connectivity index (χ1v) is 4.93. The Labute approximate surface area is 96.1 Å². The summed E-state index contributed by atoms with van der Waals surface area (Å²) < 4.78 is 0. The SMILES string of the molecule is NC1=NC(c2c(Cl)cccc2Cl)C(=O)N1. The number of rotatable bonds is 1. The molecule has 0 saturated carbocycles. The molecule has 2 rings (SSSR count). The number of nitrogens with one attached hydrogen (secondary N) is 1. The van der Waals surface area contributed by atoms with E-state index >= 15 is 0 Å². The van der Waals surface area contributed by atoms with Crippen molar-refractivity contribution < 1.29 is 4.79 Å². The number of amides is 1. The molecule has 1 aliphatic rings. The number of carbonyl (C=O) groups is 1. The van der Waals surface area contributed by atoms with Crippen LogP contribution in [0.15, 0.2) is 23.2 Å². The molecule has 0 aliphatic carbocycles. The number of nitrogens with zero attached hydrogens (tertiary/aromatic N) is 1. The van der Waals surface area contributed by atoms with Crippen molar-refractivity contribution in [2.45, 2.75) is 6.04 Å². The number of guanidine groups is 1. The number of nitrogens with two attached hydrogens (primary N) is 1. The van der Waals surface area contributed by atoms with Crippen molar-refractivity contribution in [3.05, 3.63) is 33.8 Å². The van der Waals surface area contributed by atoms with E-state index < -0.39 is 6.04 Å². The van der Waals surface area contributed by atoms with E-state index in [0.29, 0.717) is 15.6 Å². The highest BCUT2D eigenvalue weighted by Gasteiger charge is 2.29. The van der Waals surface area contributed by atoms with Crippen molar-refractivity contribution in [2.75, 3.05) is 0 Å². The van der Waals surface area contributed by atoms with Gasteiger partial charge >= 0.3 is 0 Å². The fourth-order valence-corrected chi connectivity index (χ4v) is 2.00. The molecule has 0 radical (unpaired) electrons. The molecule has 1 unspecified atom stereocenters. The Balaban J connectivity index is 2.50. The molecule has 6 heteroatoms. The Bertz CT molecular complexity index is 438. The van der Waals surface area contributed by atoms with Gasteiger partial charge in [-0.05, 0) is 12.1 Å². The predicted molar refractivity (Wildman–Crippen MR) is 59.0 cm³/mol. The molecule has 1 aromatic rings. The largest absolute Gasteiger partial charge is 0.370 e. The third-order valence-electron chi connectivity index (χ3n) is 2.04. The van der Waals surface area contributed by atoms with Gasteiger partial charge in [0.25, 0.3) is 5.91 Å². The van der Waals surface area contributed by atoms with E-state index in [0.717, 1.165) is 0 Å². The molecule has 1 aliphatic heterocycles. The summed E-state index contributed by atoms with van der Waals surface area (Å²) in [5.74, 6) is -0.233. The highest BCUT2D eigenvalue weighted by molar-refractivity contribution is 6.36. The lowest BCUT2D eigenvalue weighted by atomic mass is 10.1. The van der Waals surface area contributed by atoms with Gasteiger partial charge in [-0.2, -0.15) is 0 Å². The van der Waals surface area contributed by atoms with Crippen LogP contribution in [0.4, 0.5) is 0 Å². The van der Waals surface area contributed by atoms with Gasteiger partial charge in [-0.15, -0.1) is 0 Å². The van der Waals surface area contributed by atoms with Crippen LogP contribution in [0, 0.1) is 0 Å². The first-order valence-electron chi connectivity index (χ1n) is 4.17. The highest BCUT2D eigenvalue weighted by Crippen LogP contribution is 2.33. The number of halogens is 2. The lowest BCUT2D eigenvalue weighted by Crippen LogP contribution is -2.31. The van der Waals surface area contributed by atoms with Gasteiger partial charge in [0, 0.05) is 15.6 Å². The number of benzene rings is 1. The fourth-order valence-electron chi connectivity index (χ4n) is 1.39. The van der Waals surface area contributed by atoms with Gasteiger partial charge in [0.05, 0.1) is 0 Å². The summed E-state index contributed by atoms with van der Waals surface area (Å²) in [6, 6.07) is 4.26. The Morgan fingerprint density at radius 2 is 1.93 bits per heavy atom. The van der Waals surface area contributed by atoms with Crippen LogP contribution in [0.2, 0.25) is 10.0 Å². The van der Waals surface area contributed by atoms with Gasteiger partial charge in [-0.25, -0.2) is 4.99 Å². The summed E-state index contributed by atoms with van der Waals surface area (Å²) in [6.45, 7) is 0. The van der Waals surface area contributed by atoms with Crippen LogP contribution in [-0.4, -0.2) is 11.9 Å². The molecule has 3 N–H and O–H groups in total. The van der Waals surface area contributed by atoms with Gasteiger partial charge in [-0.3, -0.25) is 10.1 Å². The van der Waals surface area contributed by atoms with E-state index in [2.05, 4.69) is 10.3 Å². The third kappa shape index (κ3) is 1.78. The van der Waals surface area contributed by atoms with Crippen molar-refractivity contribution in [1.29, 1.82) is 0 Å². The Morgan fingerprint density at radius 1 is 1.33 bits per heavy atom. The van der Waals surface area contributed by atoms with E-state index in [9.17, 15) is 4.79 Å². The minimum absolute atomic E-state index is 0.0842. The Kier molecular flexibility index (Phi) is 2.54. The smallest absolute Gasteiger partial charge is 0.256 e. The van der Waals surface area contributed by atoms with E-state index in [1.807, 2.05) is 0 Å². The zero-order valence-corrected chi connectivity index (χ0v) is 9.01. The van der Waals surface area contributed by atoms with Crippen molar-refractivity contribution in [3.63, 3.8) is 0 Å². The molecule has 1 amide bonds. The summed E-state index contributed by atoms with van der Waals surface area (Å²) in [5, 5.41) is 3.20. The maximum Gasteiger partial charge on any atom is 0.256 e. The van der Waals surface area contributed by atoms with Gasteiger partial charge in [0.15, 0.2) is 12.0 Å². The minimum Gasteiger partial charge on any atom is -0.370 e. The van der Waals surface area contributed by atoms with Crippen LogP contribution in [0.5, 0.6) is 0 Å². The molecule has 0 spiro atoms. The number of hydrogen-bond donors (Lipinski definition) is 2. The normalized spacial score (nSPS) is 20.0.